The summed E-state index contributed by atoms with van der Waals surface area (Å²) < 4.78 is 22.8. The standard InChI is InChI=1S/C15H18N2O2S/c1-17(11-12-4-3-5-13(16)10-12)14-6-8-15(9-7-14)20(2,18)19/h3-10H,11,16H2,1-2H3. The van der Waals surface area contributed by atoms with E-state index >= 15 is 0 Å². The molecule has 2 aromatic carbocycles. The summed E-state index contributed by atoms with van der Waals surface area (Å²) in [5.74, 6) is 0. The molecule has 4 nitrogen and oxygen atoms in total. The summed E-state index contributed by atoms with van der Waals surface area (Å²) >= 11 is 0. The minimum absolute atomic E-state index is 0.332. The Hall–Kier alpha value is -2.01. The monoisotopic (exact) mass is 290 g/mol. The second kappa shape index (κ2) is 5.54. The van der Waals surface area contributed by atoms with Gasteiger partial charge in [-0.2, -0.15) is 0 Å². The summed E-state index contributed by atoms with van der Waals surface area (Å²) in [6, 6.07) is 14.6. The fourth-order valence-corrected chi connectivity index (χ4v) is 2.63. The van der Waals surface area contributed by atoms with Crippen LogP contribution in [-0.4, -0.2) is 21.7 Å². The SMILES string of the molecule is CN(Cc1cccc(N)c1)c1ccc(S(C)(=O)=O)cc1. The predicted octanol–water partition coefficient (Wildman–Crippen LogP) is 2.31. The van der Waals surface area contributed by atoms with Crippen LogP contribution < -0.4 is 10.6 Å². The van der Waals surface area contributed by atoms with Crippen molar-refractivity contribution < 1.29 is 8.42 Å². The maximum atomic E-state index is 11.4. The molecule has 0 aliphatic carbocycles. The first kappa shape index (κ1) is 14.4. The third-order valence-corrected chi connectivity index (χ3v) is 4.20. The number of hydrogen-bond acceptors (Lipinski definition) is 4. The molecule has 0 unspecified atom stereocenters. The number of benzene rings is 2. The smallest absolute Gasteiger partial charge is 0.175 e. The Morgan fingerprint density at radius 3 is 2.30 bits per heavy atom. The van der Waals surface area contributed by atoms with Crippen molar-refractivity contribution in [2.24, 2.45) is 0 Å². The molecule has 0 spiro atoms. The lowest BCUT2D eigenvalue weighted by Gasteiger charge is -2.19. The molecule has 2 N–H and O–H groups in total. The van der Waals surface area contributed by atoms with Crippen molar-refractivity contribution in [1.29, 1.82) is 0 Å². The third-order valence-electron chi connectivity index (χ3n) is 3.08. The van der Waals surface area contributed by atoms with E-state index in [9.17, 15) is 8.42 Å². The molecule has 2 rings (SSSR count). The molecule has 0 bridgehead atoms. The van der Waals surface area contributed by atoms with Gasteiger partial charge in [-0.25, -0.2) is 8.42 Å². The fraction of sp³-hybridized carbons (Fsp3) is 0.200. The van der Waals surface area contributed by atoms with Gasteiger partial charge in [-0.1, -0.05) is 12.1 Å². The minimum atomic E-state index is -3.14. The molecule has 0 heterocycles. The molecule has 0 saturated carbocycles. The summed E-state index contributed by atoms with van der Waals surface area (Å²) in [5.41, 5.74) is 8.56. The molecule has 0 aliphatic heterocycles. The molecule has 0 aromatic heterocycles. The Kier molecular flexibility index (Phi) is 3.99. The number of rotatable bonds is 4. The van der Waals surface area contributed by atoms with Crippen molar-refractivity contribution in [3.63, 3.8) is 0 Å². The Balaban J connectivity index is 2.15. The van der Waals surface area contributed by atoms with Gasteiger partial charge in [0.15, 0.2) is 9.84 Å². The average molecular weight is 290 g/mol. The number of nitrogens with zero attached hydrogens (tertiary/aromatic N) is 1. The molecule has 2 aromatic rings. The van der Waals surface area contributed by atoms with Crippen LogP contribution in [0.15, 0.2) is 53.4 Å². The van der Waals surface area contributed by atoms with E-state index in [1.807, 2.05) is 48.3 Å². The summed E-state index contributed by atoms with van der Waals surface area (Å²) in [5, 5.41) is 0. The van der Waals surface area contributed by atoms with Crippen LogP contribution in [0, 0.1) is 0 Å². The minimum Gasteiger partial charge on any atom is -0.399 e. The van der Waals surface area contributed by atoms with E-state index in [0.717, 1.165) is 16.9 Å². The molecule has 0 aliphatic rings. The topological polar surface area (TPSA) is 63.4 Å². The molecule has 0 radical (unpaired) electrons. The molecular formula is C15H18N2O2S. The van der Waals surface area contributed by atoms with Crippen LogP contribution in [0.2, 0.25) is 0 Å². The van der Waals surface area contributed by atoms with E-state index in [0.29, 0.717) is 11.4 Å². The highest BCUT2D eigenvalue weighted by Crippen LogP contribution is 2.19. The number of anilines is 2. The van der Waals surface area contributed by atoms with Crippen LogP contribution in [0.5, 0.6) is 0 Å². The van der Waals surface area contributed by atoms with E-state index in [-0.39, 0.29) is 0 Å². The van der Waals surface area contributed by atoms with E-state index < -0.39 is 9.84 Å². The molecule has 0 saturated heterocycles. The molecule has 0 atom stereocenters. The van der Waals surface area contributed by atoms with Crippen molar-refractivity contribution in [3.8, 4) is 0 Å². The average Bonchev–Trinajstić information content (AvgIpc) is 2.38. The fourth-order valence-electron chi connectivity index (χ4n) is 2.00. The van der Waals surface area contributed by atoms with E-state index in [1.54, 1.807) is 12.1 Å². The highest BCUT2D eigenvalue weighted by Gasteiger charge is 2.08. The Morgan fingerprint density at radius 1 is 1.10 bits per heavy atom. The third kappa shape index (κ3) is 3.51. The van der Waals surface area contributed by atoms with Gasteiger partial charge in [-0.15, -0.1) is 0 Å². The van der Waals surface area contributed by atoms with E-state index in [2.05, 4.69) is 0 Å². The number of sulfone groups is 1. The Morgan fingerprint density at radius 2 is 1.75 bits per heavy atom. The predicted molar refractivity (Wildman–Crippen MR) is 82.5 cm³/mol. The normalized spacial score (nSPS) is 11.3. The summed E-state index contributed by atoms with van der Waals surface area (Å²) in [4.78, 5) is 2.37. The zero-order valence-corrected chi connectivity index (χ0v) is 12.4. The number of nitrogen functional groups attached to an aromatic ring is 1. The van der Waals surface area contributed by atoms with Crippen molar-refractivity contribution >= 4 is 21.2 Å². The number of hydrogen-bond donors (Lipinski definition) is 1. The lowest BCUT2D eigenvalue weighted by molar-refractivity contribution is 0.602. The zero-order valence-electron chi connectivity index (χ0n) is 11.6. The van der Waals surface area contributed by atoms with Crippen molar-refractivity contribution in [3.05, 3.63) is 54.1 Å². The molecule has 20 heavy (non-hydrogen) atoms. The van der Waals surface area contributed by atoms with Crippen LogP contribution >= 0.6 is 0 Å². The number of nitrogens with two attached hydrogens (primary N) is 1. The lowest BCUT2D eigenvalue weighted by Crippen LogP contribution is -2.16. The Labute approximate surface area is 119 Å². The van der Waals surface area contributed by atoms with Crippen LogP contribution in [0.3, 0.4) is 0 Å². The van der Waals surface area contributed by atoms with Crippen molar-refractivity contribution in [1.82, 2.24) is 0 Å². The lowest BCUT2D eigenvalue weighted by atomic mass is 10.2. The van der Waals surface area contributed by atoms with Gasteiger partial charge in [-0.3, -0.25) is 0 Å². The maximum absolute atomic E-state index is 11.4. The van der Waals surface area contributed by atoms with Gasteiger partial charge in [0.25, 0.3) is 0 Å². The highest BCUT2D eigenvalue weighted by atomic mass is 32.2. The first-order chi connectivity index (χ1) is 9.36. The molecular weight excluding hydrogens is 272 g/mol. The zero-order chi connectivity index (χ0) is 14.8. The maximum Gasteiger partial charge on any atom is 0.175 e. The summed E-state index contributed by atoms with van der Waals surface area (Å²) in [6.07, 6.45) is 1.21. The van der Waals surface area contributed by atoms with Crippen LogP contribution in [0.1, 0.15) is 5.56 Å². The van der Waals surface area contributed by atoms with Gasteiger partial charge in [0.2, 0.25) is 0 Å². The van der Waals surface area contributed by atoms with E-state index in [1.165, 1.54) is 6.26 Å². The second-order valence-corrected chi connectivity index (χ2v) is 6.88. The quantitative estimate of drug-likeness (QED) is 0.878. The highest BCUT2D eigenvalue weighted by molar-refractivity contribution is 7.90. The van der Waals surface area contributed by atoms with Gasteiger partial charge >= 0.3 is 0 Å². The van der Waals surface area contributed by atoms with Crippen molar-refractivity contribution in [2.75, 3.05) is 23.9 Å². The van der Waals surface area contributed by atoms with Crippen LogP contribution in [0.4, 0.5) is 11.4 Å². The summed E-state index contributed by atoms with van der Waals surface area (Å²) in [7, 11) is -1.19. The molecule has 0 amide bonds. The first-order valence-electron chi connectivity index (χ1n) is 6.22. The van der Waals surface area contributed by atoms with Crippen molar-refractivity contribution in [2.45, 2.75) is 11.4 Å². The molecule has 5 heteroatoms. The molecule has 0 fully saturated rings. The second-order valence-electron chi connectivity index (χ2n) is 4.87. The van der Waals surface area contributed by atoms with Gasteiger partial charge in [0, 0.05) is 31.2 Å². The van der Waals surface area contributed by atoms with E-state index in [4.69, 9.17) is 5.73 Å². The van der Waals surface area contributed by atoms with Gasteiger partial charge in [0.05, 0.1) is 4.90 Å². The van der Waals surface area contributed by atoms with Gasteiger partial charge < -0.3 is 10.6 Å². The van der Waals surface area contributed by atoms with Crippen LogP contribution in [-0.2, 0) is 16.4 Å². The summed E-state index contributed by atoms with van der Waals surface area (Å²) in [6.45, 7) is 0.712. The van der Waals surface area contributed by atoms with Gasteiger partial charge in [-0.05, 0) is 42.0 Å². The Bertz CT molecular complexity index is 694. The molecule has 106 valence electrons. The first-order valence-corrected chi connectivity index (χ1v) is 8.11. The van der Waals surface area contributed by atoms with Crippen LogP contribution in [0.25, 0.3) is 0 Å². The largest absolute Gasteiger partial charge is 0.399 e. The van der Waals surface area contributed by atoms with Gasteiger partial charge in [0.1, 0.15) is 0 Å².